The summed E-state index contributed by atoms with van der Waals surface area (Å²) < 4.78 is 5.16. The van der Waals surface area contributed by atoms with Crippen LogP contribution in [0.4, 0.5) is 0 Å². The van der Waals surface area contributed by atoms with E-state index in [1.54, 1.807) is 18.2 Å². The number of ether oxygens (including phenoxy) is 1. The minimum Gasteiger partial charge on any atom is -0.426 e. The summed E-state index contributed by atoms with van der Waals surface area (Å²) in [5, 5.41) is 0.469. The molecule has 0 N–H and O–H groups in total. The third-order valence-corrected chi connectivity index (χ3v) is 4.40. The van der Waals surface area contributed by atoms with Gasteiger partial charge in [0.2, 0.25) is 11.8 Å². The molecule has 0 spiro atoms. The zero-order valence-electron chi connectivity index (χ0n) is 12.4. The Kier molecular flexibility index (Phi) is 4.48. The number of allylic oxidation sites excluding steroid dienone is 2. The van der Waals surface area contributed by atoms with Crippen LogP contribution in [0.2, 0.25) is 5.02 Å². The zero-order chi connectivity index (χ0) is 16.4. The molecule has 1 fully saturated rings. The number of hydrogen-bond acceptors (Lipinski definition) is 4. The monoisotopic (exact) mass is 333 g/mol. The van der Waals surface area contributed by atoms with E-state index in [2.05, 4.69) is 0 Å². The molecule has 0 aromatic heterocycles. The second-order valence-electron chi connectivity index (χ2n) is 5.67. The van der Waals surface area contributed by atoms with Crippen LogP contribution in [-0.2, 0) is 14.4 Å². The van der Waals surface area contributed by atoms with Crippen LogP contribution in [0.25, 0.3) is 0 Å². The Bertz CT molecular complexity index is 659. The van der Waals surface area contributed by atoms with Gasteiger partial charge < -0.3 is 4.74 Å². The maximum absolute atomic E-state index is 12.3. The van der Waals surface area contributed by atoms with Crippen molar-refractivity contribution in [3.63, 3.8) is 0 Å². The van der Waals surface area contributed by atoms with Gasteiger partial charge >= 0.3 is 5.97 Å². The van der Waals surface area contributed by atoms with Crippen molar-refractivity contribution >= 4 is 29.4 Å². The number of hydrogen-bond donors (Lipinski definition) is 0. The van der Waals surface area contributed by atoms with Gasteiger partial charge in [0.1, 0.15) is 5.75 Å². The topological polar surface area (TPSA) is 63.7 Å². The highest BCUT2D eigenvalue weighted by molar-refractivity contribution is 6.30. The quantitative estimate of drug-likeness (QED) is 0.368. The van der Waals surface area contributed by atoms with Gasteiger partial charge in [-0.2, -0.15) is 0 Å². The summed E-state index contributed by atoms with van der Waals surface area (Å²) in [5.74, 6) is -1.05. The average molecular weight is 334 g/mol. The lowest BCUT2D eigenvalue weighted by Gasteiger charge is -2.14. The normalized spacial score (nSPS) is 23.1. The number of nitrogens with zero attached hydrogens (tertiary/aromatic N) is 1. The van der Waals surface area contributed by atoms with Crippen molar-refractivity contribution in [3.8, 4) is 5.75 Å². The number of carbonyl (C=O) groups is 3. The van der Waals surface area contributed by atoms with Crippen molar-refractivity contribution < 1.29 is 19.1 Å². The fraction of sp³-hybridized carbons (Fsp3) is 0.353. The second kappa shape index (κ2) is 6.54. The highest BCUT2D eigenvalue weighted by atomic mass is 35.5. The van der Waals surface area contributed by atoms with E-state index in [4.69, 9.17) is 16.3 Å². The molecule has 0 unspecified atom stereocenters. The Balaban J connectivity index is 1.57. The number of carbonyl (C=O) groups excluding carboxylic acids is 3. The van der Waals surface area contributed by atoms with Crippen LogP contribution >= 0.6 is 11.6 Å². The maximum Gasteiger partial charge on any atom is 0.312 e. The minimum absolute atomic E-state index is 0.0309. The number of rotatable bonds is 4. The molecule has 0 radical (unpaired) electrons. The molecule has 3 rings (SSSR count). The third-order valence-electron chi connectivity index (χ3n) is 4.17. The number of likely N-dealkylation sites (tertiary alicyclic amines) is 1. The third kappa shape index (κ3) is 3.29. The smallest absolute Gasteiger partial charge is 0.312 e. The van der Waals surface area contributed by atoms with Gasteiger partial charge in [0, 0.05) is 11.6 Å². The fourth-order valence-electron chi connectivity index (χ4n) is 3.01. The summed E-state index contributed by atoms with van der Waals surface area (Å²) in [6.45, 7) is 0.0596. The molecule has 2 atom stereocenters. The lowest BCUT2D eigenvalue weighted by molar-refractivity contribution is -0.141. The standard InChI is InChI=1S/C17H16ClNO4/c18-11-4-3-5-12(10-11)23-15(20)8-9-19-16(21)13-6-1-2-7-14(13)17(19)22/h1-5,10,13-14H,6-9H2/t13-,14+. The number of fused-ring (bicyclic) bond motifs is 1. The number of halogens is 1. The van der Waals surface area contributed by atoms with Gasteiger partial charge in [-0.05, 0) is 31.0 Å². The predicted molar refractivity (Wildman–Crippen MR) is 83.8 cm³/mol. The van der Waals surface area contributed by atoms with Gasteiger partial charge in [0.25, 0.3) is 0 Å². The minimum atomic E-state index is -0.499. The van der Waals surface area contributed by atoms with Gasteiger partial charge in [-0.1, -0.05) is 29.8 Å². The molecule has 1 aromatic rings. The molecule has 2 amide bonds. The van der Waals surface area contributed by atoms with Gasteiger partial charge in [0.15, 0.2) is 0 Å². The number of benzene rings is 1. The Morgan fingerprint density at radius 2 is 1.83 bits per heavy atom. The van der Waals surface area contributed by atoms with Gasteiger partial charge in [-0.15, -0.1) is 0 Å². The summed E-state index contributed by atoms with van der Waals surface area (Å²) in [4.78, 5) is 37.6. The van der Waals surface area contributed by atoms with E-state index in [0.717, 1.165) is 0 Å². The molecule has 5 nitrogen and oxygen atoms in total. The van der Waals surface area contributed by atoms with Crippen LogP contribution in [0.5, 0.6) is 5.75 Å². The summed E-state index contributed by atoms with van der Waals surface area (Å²) in [6, 6.07) is 6.51. The van der Waals surface area contributed by atoms with E-state index >= 15 is 0 Å². The second-order valence-corrected chi connectivity index (χ2v) is 6.10. The van der Waals surface area contributed by atoms with E-state index in [1.807, 2.05) is 12.2 Å². The molecule has 1 saturated heterocycles. The Morgan fingerprint density at radius 3 is 2.43 bits per heavy atom. The van der Waals surface area contributed by atoms with E-state index < -0.39 is 5.97 Å². The SMILES string of the molecule is O=C(CCN1C(=O)[C@H]2CC=CC[C@H]2C1=O)Oc1cccc(Cl)c1. The lowest BCUT2D eigenvalue weighted by atomic mass is 9.85. The first-order valence-corrected chi connectivity index (χ1v) is 7.90. The van der Waals surface area contributed by atoms with E-state index in [0.29, 0.717) is 23.6 Å². The van der Waals surface area contributed by atoms with Crippen molar-refractivity contribution in [1.29, 1.82) is 0 Å². The molecule has 23 heavy (non-hydrogen) atoms. The van der Waals surface area contributed by atoms with Gasteiger partial charge in [-0.25, -0.2) is 0 Å². The molecule has 0 bridgehead atoms. The molecule has 2 aliphatic rings. The molecule has 1 heterocycles. The summed E-state index contributed by atoms with van der Waals surface area (Å²) >= 11 is 5.82. The van der Waals surface area contributed by atoms with Crippen molar-refractivity contribution in [2.24, 2.45) is 11.8 Å². The largest absolute Gasteiger partial charge is 0.426 e. The molecule has 1 aliphatic heterocycles. The van der Waals surface area contributed by atoms with Crippen LogP contribution in [0.3, 0.4) is 0 Å². The van der Waals surface area contributed by atoms with E-state index in [-0.39, 0.29) is 36.6 Å². The number of esters is 1. The molecule has 0 saturated carbocycles. The molecule has 6 heteroatoms. The average Bonchev–Trinajstić information content (AvgIpc) is 2.77. The highest BCUT2D eigenvalue weighted by Crippen LogP contribution is 2.35. The predicted octanol–water partition coefficient (Wildman–Crippen LogP) is 2.59. The van der Waals surface area contributed by atoms with Crippen LogP contribution in [0, 0.1) is 11.8 Å². The van der Waals surface area contributed by atoms with Gasteiger partial charge in [-0.3, -0.25) is 19.3 Å². The Labute approximate surface area is 138 Å². The Morgan fingerprint density at radius 1 is 1.17 bits per heavy atom. The fourth-order valence-corrected chi connectivity index (χ4v) is 3.19. The molecular formula is C17H16ClNO4. The summed E-state index contributed by atoms with van der Waals surface area (Å²) in [6.07, 6.45) is 5.03. The molecule has 1 aliphatic carbocycles. The lowest BCUT2D eigenvalue weighted by Crippen LogP contribution is -2.33. The zero-order valence-corrected chi connectivity index (χ0v) is 13.2. The van der Waals surface area contributed by atoms with E-state index in [9.17, 15) is 14.4 Å². The summed E-state index contributed by atoms with van der Waals surface area (Å²) in [7, 11) is 0. The number of imide groups is 1. The van der Waals surface area contributed by atoms with Crippen LogP contribution < -0.4 is 4.74 Å². The van der Waals surface area contributed by atoms with Crippen LogP contribution in [-0.4, -0.2) is 29.2 Å². The van der Waals surface area contributed by atoms with Crippen molar-refractivity contribution in [1.82, 2.24) is 4.90 Å². The maximum atomic E-state index is 12.3. The molecular weight excluding hydrogens is 318 g/mol. The Hall–Kier alpha value is -2.14. The van der Waals surface area contributed by atoms with E-state index in [1.165, 1.54) is 11.0 Å². The van der Waals surface area contributed by atoms with Crippen molar-refractivity contribution in [2.75, 3.05) is 6.54 Å². The molecule has 120 valence electrons. The van der Waals surface area contributed by atoms with Crippen molar-refractivity contribution in [3.05, 3.63) is 41.4 Å². The molecule has 1 aromatic carbocycles. The number of amides is 2. The first kappa shape index (κ1) is 15.7. The van der Waals surface area contributed by atoms with Crippen LogP contribution in [0.1, 0.15) is 19.3 Å². The first-order chi connectivity index (χ1) is 11.1. The highest BCUT2D eigenvalue weighted by Gasteiger charge is 2.46. The van der Waals surface area contributed by atoms with Crippen LogP contribution in [0.15, 0.2) is 36.4 Å². The van der Waals surface area contributed by atoms with Crippen molar-refractivity contribution in [2.45, 2.75) is 19.3 Å². The van der Waals surface area contributed by atoms with Gasteiger partial charge in [0.05, 0.1) is 18.3 Å². The summed E-state index contributed by atoms with van der Waals surface area (Å²) in [5.41, 5.74) is 0. The first-order valence-electron chi connectivity index (χ1n) is 7.52.